The van der Waals surface area contributed by atoms with E-state index in [2.05, 4.69) is 9.47 Å². The zero-order valence-corrected chi connectivity index (χ0v) is 6.52. The minimum absolute atomic E-state index is 0.0289. The molecule has 0 aliphatic heterocycles. The highest BCUT2D eigenvalue weighted by molar-refractivity contribution is 7.86. The summed E-state index contributed by atoms with van der Waals surface area (Å²) in [4.78, 5) is 9.60. The zero-order chi connectivity index (χ0) is 9.61. The van der Waals surface area contributed by atoms with Gasteiger partial charge in [0.2, 0.25) is 0 Å². The summed E-state index contributed by atoms with van der Waals surface area (Å²) in [6, 6.07) is 0. The van der Waals surface area contributed by atoms with E-state index in [0.717, 1.165) is 6.26 Å². The van der Waals surface area contributed by atoms with E-state index in [9.17, 15) is 13.2 Å². The molecule has 8 heteroatoms. The van der Waals surface area contributed by atoms with Crippen molar-refractivity contribution in [3.8, 4) is 6.26 Å². The number of nitriles is 1. The van der Waals surface area contributed by atoms with E-state index in [1.807, 2.05) is 0 Å². The first kappa shape index (κ1) is 10.7. The van der Waals surface area contributed by atoms with Gasteiger partial charge in [0.1, 0.15) is 6.61 Å². The van der Waals surface area contributed by atoms with Crippen LogP contribution in [-0.4, -0.2) is 31.5 Å². The second kappa shape index (κ2) is 4.53. The Morgan fingerprint density at radius 3 is 2.58 bits per heavy atom. The van der Waals surface area contributed by atoms with Crippen molar-refractivity contribution in [2.45, 2.75) is 5.44 Å². The summed E-state index contributed by atoms with van der Waals surface area (Å²) in [7, 11) is -4.53. The minimum atomic E-state index is -4.53. The molecule has 0 aliphatic rings. The highest BCUT2D eigenvalue weighted by atomic mass is 32.2. The molecule has 1 unspecified atom stereocenters. The van der Waals surface area contributed by atoms with Gasteiger partial charge in [-0.15, -0.1) is 0 Å². The van der Waals surface area contributed by atoms with Crippen molar-refractivity contribution in [3.05, 3.63) is 0 Å². The number of hydrogen-bond acceptors (Lipinski definition) is 6. The van der Waals surface area contributed by atoms with Crippen molar-refractivity contribution in [1.29, 1.82) is 5.26 Å². The van der Waals surface area contributed by atoms with Crippen LogP contribution in [0.25, 0.3) is 0 Å². The van der Waals surface area contributed by atoms with Crippen LogP contribution in [-0.2, 0) is 24.4 Å². The van der Waals surface area contributed by atoms with Gasteiger partial charge in [0.25, 0.3) is 18.2 Å². The minimum Gasteiger partial charge on any atom is -0.463 e. The third kappa shape index (κ3) is 3.75. The van der Waals surface area contributed by atoms with Gasteiger partial charge in [0, 0.05) is 0 Å². The Labute approximate surface area is 68.2 Å². The van der Waals surface area contributed by atoms with Crippen LogP contribution < -0.4 is 0 Å². The zero-order valence-electron chi connectivity index (χ0n) is 5.71. The molecule has 0 spiro atoms. The average molecular weight is 195 g/mol. The van der Waals surface area contributed by atoms with Crippen molar-refractivity contribution >= 4 is 16.6 Å². The van der Waals surface area contributed by atoms with Crippen LogP contribution in [0.3, 0.4) is 0 Å². The van der Waals surface area contributed by atoms with Gasteiger partial charge in [-0.3, -0.25) is 9.35 Å². The second-order valence-electron chi connectivity index (χ2n) is 1.58. The molecule has 0 saturated carbocycles. The van der Waals surface area contributed by atoms with Crippen molar-refractivity contribution < 1.29 is 27.2 Å². The van der Waals surface area contributed by atoms with Gasteiger partial charge >= 0.3 is 10.1 Å². The topological polar surface area (TPSA) is 114 Å². The molecule has 0 saturated heterocycles. The van der Waals surface area contributed by atoms with Crippen LogP contribution >= 0.6 is 0 Å². The van der Waals surface area contributed by atoms with E-state index in [1.54, 1.807) is 0 Å². The molecule has 0 rings (SSSR count). The molecule has 0 heterocycles. The molecule has 1 atom stereocenters. The Hall–Kier alpha value is -1.33. The fourth-order valence-corrected chi connectivity index (χ4v) is 0.773. The Balaban J connectivity index is 4.26. The molecule has 12 heavy (non-hydrogen) atoms. The molecule has 0 fully saturated rings. The highest BCUT2D eigenvalue weighted by Crippen LogP contribution is 2.00. The van der Waals surface area contributed by atoms with Crippen molar-refractivity contribution in [2.75, 3.05) is 6.61 Å². The van der Waals surface area contributed by atoms with Crippen LogP contribution in [0.5, 0.6) is 0 Å². The lowest BCUT2D eigenvalue weighted by atomic mass is 10.8. The summed E-state index contributed by atoms with van der Waals surface area (Å²) in [6.45, 7) is -0.755. The number of rotatable bonds is 5. The maximum atomic E-state index is 10.3. The molecule has 0 aromatic carbocycles. The van der Waals surface area contributed by atoms with Gasteiger partial charge in [0.05, 0.1) is 0 Å². The first-order valence-corrected chi connectivity index (χ1v) is 4.09. The quantitative estimate of drug-likeness (QED) is 0.335. The van der Waals surface area contributed by atoms with E-state index in [1.165, 1.54) is 0 Å². The van der Waals surface area contributed by atoms with Crippen molar-refractivity contribution in [1.82, 2.24) is 0 Å². The summed E-state index contributed by atoms with van der Waals surface area (Å²) < 4.78 is 36.8. The van der Waals surface area contributed by atoms with E-state index in [4.69, 9.17) is 9.81 Å². The van der Waals surface area contributed by atoms with Gasteiger partial charge in [-0.1, -0.05) is 0 Å². The van der Waals surface area contributed by atoms with Gasteiger partial charge in [-0.25, -0.2) is 0 Å². The second-order valence-corrected chi connectivity index (χ2v) is 3.14. The predicted molar refractivity (Wildman–Crippen MR) is 34.1 cm³/mol. The predicted octanol–water partition coefficient (Wildman–Crippen LogP) is -1.13. The molecular weight excluding hydrogens is 190 g/mol. The lowest BCUT2D eigenvalue weighted by Gasteiger charge is -2.07. The molecule has 68 valence electrons. The largest absolute Gasteiger partial charge is 0.463 e. The molecule has 1 N–H and O–H groups in total. The first-order valence-electron chi connectivity index (χ1n) is 2.58. The Morgan fingerprint density at radius 2 is 2.25 bits per heavy atom. The normalized spacial score (nSPS) is 12.7. The van der Waals surface area contributed by atoms with Crippen LogP contribution in [0.1, 0.15) is 0 Å². The Morgan fingerprint density at radius 1 is 1.67 bits per heavy atom. The Bertz CT molecular complexity index is 276. The number of carbonyl (C=O) groups excluding carboxylic acids is 1. The fraction of sp³-hybridized carbons (Fsp3) is 0.500. The van der Waals surface area contributed by atoms with Gasteiger partial charge < -0.3 is 9.47 Å². The third-order valence-corrected chi connectivity index (χ3v) is 1.71. The van der Waals surface area contributed by atoms with E-state index in [0.29, 0.717) is 0 Å². The molecule has 0 radical (unpaired) electrons. The average Bonchev–Trinajstić information content (AvgIpc) is 1.95. The number of hydrogen-bond donors (Lipinski definition) is 1. The van der Waals surface area contributed by atoms with Gasteiger partial charge in [0.15, 0.2) is 0 Å². The van der Waals surface area contributed by atoms with E-state index in [-0.39, 0.29) is 6.47 Å². The lowest BCUT2D eigenvalue weighted by molar-refractivity contribution is -0.130. The number of ether oxygens (including phenoxy) is 2. The number of carbonyl (C=O) groups is 1. The fourth-order valence-electron chi connectivity index (χ4n) is 0.357. The summed E-state index contributed by atoms with van der Waals surface area (Å²) in [6.07, 6.45) is 1.05. The SMILES string of the molecule is N#COC(COC=O)S(=O)(=O)O. The smallest absolute Gasteiger partial charge is 0.308 e. The van der Waals surface area contributed by atoms with Gasteiger partial charge in [-0.05, 0) is 0 Å². The monoisotopic (exact) mass is 195 g/mol. The maximum Gasteiger partial charge on any atom is 0.308 e. The summed E-state index contributed by atoms with van der Waals surface area (Å²) in [5.41, 5.74) is -1.85. The Kier molecular flexibility index (Phi) is 4.03. The molecular formula is C4H5NO6S. The highest BCUT2D eigenvalue weighted by Gasteiger charge is 2.25. The molecule has 0 aliphatic carbocycles. The molecule has 0 amide bonds. The van der Waals surface area contributed by atoms with Crippen LogP contribution in [0.2, 0.25) is 0 Å². The summed E-state index contributed by atoms with van der Waals surface area (Å²) >= 11 is 0. The van der Waals surface area contributed by atoms with Crippen molar-refractivity contribution in [2.24, 2.45) is 0 Å². The van der Waals surface area contributed by atoms with Gasteiger partial charge in [-0.2, -0.15) is 13.7 Å². The molecule has 7 nitrogen and oxygen atoms in total. The lowest BCUT2D eigenvalue weighted by Crippen LogP contribution is -2.27. The summed E-state index contributed by atoms with van der Waals surface area (Å²) in [5.74, 6) is 0. The van der Waals surface area contributed by atoms with Crippen LogP contribution in [0, 0.1) is 11.5 Å². The third-order valence-electron chi connectivity index (χ3n) is 0.817. The standard InChI is InChI=1S/C4H5NO6S/c5-2-11-4(1-10-3-6)12(7,8)9/h3-4H,1H2,(H,7,8,9). The molecule has 0 bridgehead atoms. The molecule has 0 aromatic rings. The van der Waals surface area contributed by atoms with E-state index < -0.39 is 22.2 Å². The van der Waals surface area contributed by atoms with Crippen LogP contribution in [0.4, 0.5) is 0 Å². The van der Waals surface area contributed by atoms with Crippen LogP contribution in [0.15, 0.2) is 0 Å². The molecule has 0 aromatic heterocycles. The van der Waals surface area contributed by atoms with Crippen molar-refractivity contribution in [3.63, 3.8) is 0 Å². The number of nitrogens with zero attached hydrogens (tertiary/aromatic N) is 1. The maximum absolute atomic E-state index is 10.3. The van der Waals surface area contributed by atoms with E-state index >= 15 is 0 Å². The summed E-state index contributed by atoms with van der Waals surface area (Å²) in [5, 5.41) is 7.91. The first-order chi connectivity index (χ1) is 5.52.